The summed E-state index contributed by atoms with van der Waals surface area (Å²) >= 11 is 0. The molecule has 162 valence electrons. The van der Waals surface area contributed by atoms with Crippen molar-refractivity contribution in [1.82, 2.24) is 10.3 Å². The molecule has 3 heterocycles. The predicted octanol–water partition coefficient (Wildman–Crippen LogP) is 3.63. The Hall–Kier alpha value is -2.31. The number of aromatic nitrogens is 1. The lowest BCUT2D eigenvalue weighted by molar-refractivity contribution is 0.0986. The molecule has 0 unspecified atom stereocenters. The minimum atomic E-state index is -0.304. The summed E-state index contributed by atoms with van der Waals surface area (Å²) < 4.78 is 11.9. The number of pyridine rings is 1. The van der Waals surface area contributed by atoms with Gasteiger partial charge in [0.2, 0.25) is 5.88 Å². The van der Waals surface area contributed by atoms with Gasteiger partial charge in [-0.1, -0.05) is 30.3 Å². The largest absolute Gasteiger partial charge is 0.472 e. The van der Waals surface area contributed by atoms with Crippen LogP contribution >= 0.6 is 0 Å². The zero-order valence-corrected chi connectivity index (χ0v) is 18.6. The monoisotopic (exact) mass is 410 g/mol. The Morgan fingerprint density at radius 3 is 2.63 bits per heavy atom. The summed E-state index contributed by atoms with van der Waals surface area (Å²) in [6, 6.07) is 15.5. The molecule has 6 heteroatoms. The van der Waals surface area contributed by atoms with Gasteiger partial charge in [-0.2, -0.15) is 4.98 Å². The number of ether oxygens (including phenoxy) is 2. The Bertz CT molecular complexity index is 837. The van der Waals surface area contributed by atoms with Crippen LogP contribution in [0.1, 0.15) is 39.3 Å². The molecule has 2 aliphatic heterocycles. The summed E-state index contributed by atoms with van der Waals surface area (Å²) in [6.45, 7) is 13.5. The molecule has 2 saturated heterocycles. The summed E-state index contributed by atoms with van der Waals surface area (Å²) in [5.41, 5.74) is 2.15. The molecule has 2 atom stereocenters. The number of benzene rings is 1. The third kappa shape index (κ3) is 4.87. The van der Waals surface area contributed by atoms with Crippen molar-refractivity contribution in [1.29, 1.82) is 0 Å². The molecule has 0 amide bonds. The van der Waals surface area contributed by atoms with Gasteiger partial charge >= 0.3 is 0 Å². The topological polar surface area (TPSA) is 49.9 Å². The molecule has 0 bridgehead atoms. The second-order valence-corrected chi connectivity index (χ2v) is 9.18. The van der Waals surface area contributed by atoms with Crippen molar-refractivity contribution in [2.75, 3.05) is 49.2 Å². The molecular formula is C24H34N4O2. The van der Waals surface area contributed by atoms with Gasteiger partial charge in [0.1, 0.15) is 11.4 Å². The van der Waals surface area contributed by atoms with Gasteiger partial charge in [0, 0.05) is 50.0 Å². The summed E-state index contributed by atoms with van der Waals surface area (Å²) in [5.74, 6) is 1.65. The first-order valence-electron chi connectivity index (χ1n) is 11.0. The maximum atomic E-state index is 6.23. The van der Waals surface area contributed by atoms with E-state index >= 15 is 0 Å². The number of morpholine rings is 1. The Morgan fingerprint density at radius 2 is 1.90 bits per heavy atom. The van der Waals surface area contributed by atoms with Crippen LogP contribution in [-0.4, -0.2) is 56.0 Å². The number of anilines is 2. The number of piperazine rings is 1. The van der Waals surface area contributed by atoms with Crippen molar-refractivity contribution in [3.63, 3.8) is 0 Å². The molecule has 2 fully saturated rings. The number of rotatable bonds is 4. The van der Waals surface area contributed by atoms with Gasteiger partial charge in [0.05, 0.1) is 19.3 Å². The third-order valence-electron chi connectivity index (χ3n) is 5.61. The van der Waals surface area contributed by atoms with Gasteiger partial charge in [-0.3, -0.25) is 0 Å². The highest BCUT2D eigenvalue weighted by Gasteiger charge is 2.28. The SMILES string of the molecule is C[C@@H]1COCCN1c1cc(OC(C)(C)C)nc(N2CCNC[C@@H]2c2ccccc2)c1. The Labute approximate surface area is 180 Å². The lowest BCUT2D eigenvalue weighted by Gasteiger charge is -2.39. The van der Waals surface area contributed by atoms with E-state index in [1.54, 1.807) is 0 Å². The van der Waals surface area contributed by atoms with Crippen molar-refractivity contribution >= 4 is 11.5 Å². The number of hydrogen-bond donors (Lipinski definition) is 1. The van der Waals surface area contributed by atoms with Crippen molar-refractivity contribution in [2.24, 2.45) is 0 Å². The lowest BCUT2D eigenvalue weighted by Crippen LogP contribution is -2.47. The summed E-state index contributed by atoms with van der Waals surface area (Å²) in [7, 11) is 0. The second kappa shape index (κ2) is 8.82. The number of nitrogens with zero attached hydrogens (tertiary/aromatic N) is 3. The van der Waals surface area contributed by atoms with Crippen LogP contribution in [0, 0.1) is 0 Å². The zero-order valence-electron chi connectivity index (χ0n) is 18.6. The van der Waals surface area contributed by atoms with E-state index in [9.17, 15) is 0 Å². The number of hydrogen-bond acceptors (Lipinski definition) is 6. The molecular weight excluding hydrogens is 376 g/mol. The second-order valence-electron chi connectivity index (χ2n) is 9.18. The van der Waals surface area contributed by atoms with Crippen LogP contribution < -0.4 is 19.9 Å². The van der Waals surface area contributed by atoms with Gasteiger partial charge in [-0.25, -0.2) is 0 Å². The van der Waals surface area contributed by atoms with E-state index in [4.69, 9.17) is 14.5 Å². The molecule has 0 radical (unpaired) electrons. The average molecular weight is 411 g/mol. The first-order valence-corrected chi connectivity index (χ1v) is 11.0. The smallest absolute Gasteiger partial charge is 0.217 e. The quantitative estimate of drug-likeness (QED) is 0.831. The molecule has 2 aliphatic rings. The number of nitrogens with one attached hydrogen (secondary N) is 1. The fourth-order valence-electron chi connectivity index (χ4n) is 4.22. The van der Waals surface area contributed by atoms with E-state index in [1.807, 2.05) is 0 Å². The van der Waals surface area contributed by atoms with Crippen LogP contribution in [0.25, 0.3) is 0 Å². The maximum absolute atomic E-state index is 6.23. The van der Waals surface area contributed by atoms with E-state index in [0.717, 1.165) is 50.9 Å². The van der Waals surface area contributed by atoms with Gasteiger partial charge in [-0.15, -0.1) is 0 Å². The fraction of sp³-hybridized carbons (Fsp3) is 0.542. The van der Waals surface area contributed by atoms with Crippen LogP contribution in [0.4, 0.5) is 11.5 Å². The molecule has 0 saturated carbocycles. The van der Waals surface area contributed by atoms with Crippen molar-refractivity contribution in [3.8, 4) is 5.88 Å². The lowest BCUT2D eigenvalue weighted by atomic mass is 10.0. The summed E-state index contributed by atoms with van der Waals surface area (Å²) in [6.07, 6.45) is 0. The highest BCUT2D eigenvalue weighted by Crippen LogP contribution is 2.34. The minimum Gasteiger partial charge on any atom is -0.472 e. The molecule has 4 rings (SSSR count). The van der Waals surface area contributed by atoms with Gasteiger partial charge < -0.3 is 24.6 Å². The molecule has 0 aliphatic carbocycles. The zero-order chi connectivity index (χ0) is 21.1. The predicted molar refractivity (Wildman–Crippen MR) is 122 cm³/mol. The minimum absolute atomic E-state index is 0.243. The van der Waals surface area contributed by atoms with Crippen molar-refractivity contribution in [2.45, 2.75) is 45.4 Å². The third-order valence-corrected chi connectivity index (χ3v) is 5.61. The van der Waals surface area contributed by atoms with E-state index in [0.29, 0.717) is 11.9 Å². The van der Waals surface area contributed by atoms with Crippen LogP contribution in [0.5, 0.6) is 5.88 Å². The maximum Gasteiger partial charge on any atom is 0.217 e. The highest BCUT2D eigenvalue weighted by molar-refractivity contribution is 5.60. The Balaban J connectivity index is 1.73. The molecule has 2 aromatic rings. The van der Waals surface area contributed by atoms with E-state index in [2.05, 4.69) is 85.3 Å². The Kier molecular flexibility index (Phi) is 6.16. The van der Waals surface area contributed by atoms with Crippen LogP contribution in [0.3, 0.4) is 0 Å². The van der Waals surface area contributed by atoms with Crippen molar-refractivity contribution in [3.05, 3.63) is 48.0 Å². The molecule has 30 heavy (non-hydrogen) atoms. The van der Waals surface area contributed by atoms with Crippen LogP contribution in [-0.2, 0) is 4.74 Å². The van der Waals surface area contributed by atoms with Gasteiger partial charge in [0.15, 0.2) is 0 Å². The van der Waals surface area contributed by atoms with Crippen molar-refractivity contribution < 1.29 is 9.47 Å². The molecule has 1 aromatic carbocycles. The molecule has 1 N–H and O–H groups in total. The van der Waals surface area contributed by atoms with E-state index < -0.39 is 0 Å². The Morgan fingerprint density at radius 1 is 1.10 bits per heavy atom. The summed E-state index contributed by atoms with van der Waals surface area (Å²) in [5, 5.41) is 3.54. The van der Waals surface area contributed by atoms with E-state index in [-0.39, 0.29) is 11.6 Å². The first kappa shape index (κ1) is 20.9. The normalized spacial score (nSPS) is 22.8. The fourth-order valence-corrected chi connectivity index (χ4v) is 4.22. The van der Waals surface area contributed by atoms with Gasteiger partial charge in [-0.05, 0) is 33.3 Å². The molecule has 1 aromatic heterocycles. The first-order chi connectivity index (χ1) is 14.4. The standard InChI is InChI=1S/C24H34N4O2/c1-18-17-29-13-12-27(18)20-14-22(26-23(15-20)30-24(2,3)4)28-11-10-25-16-21(28)19-8-6-5-7-9-19/h5-9,14-15,18,21,25H,10-13,16-17H2,1-4H3/t18-,21-/m1/s1. The molecule has 0 spiro atoms. The average Bonchev–Trinajstić information content (AvgIpc) is 2.73. The van der Waals surface area contributed by atoms with E-state index in [1.165, 1.54) is 5.56 Å². The van der Waals surface area contributed by atoms with Crippen LogP contribution in [0.2, 0.25) is 0 Å². The highest BCUT2D eigenvalue weighted by atomic mass is 16.5. The molecule has 6 nitrogen and oxygen atoms in total. The van der Waals surface area contributed by atoms with Crippen LogP contribution in [0.15, 0.2) is 42.5 Å². The van der Waals surface area contributed by atoms with Gasteiger partial charge in [0.25, 0.3) is 0 Å². The summed E-state index contributed by atoms with van der Waals surface area (Å²) in [4.78, 5) is 9.78.